The molecule has 0 aliphatic carbocycles. The summed E-state index contributed by atoms with van der Waals surface area (Å²) in [5, 5.41) is 5.64. The number of nitrogens with zero attached hydrogens (tertiary/aromatic N) is 3. The number of rotatable bonds is 4. The molecule has 2 N–H and O–H groups in total. The van der Waals surface area contributed by atoms with E-state index in [0.29, 0.717) is 24.7 Å². The van der Waals surface area contributed by atoms with E-state index in [4.69, 9.17) is 19.3 Å². The second kappa shape index (κ2) is 11.5. The third-order valence-corrected chi connectivity index (χ3v) is 5.11. The van der Waals surface area contributed by atoms with Crippen molar-refractivity contribution in [2.24, 2.45) is 0 Å². The van der Waals surface area contributed by atoms with Crippen molar-refractivity contribution >= 4 is 29.4 Å². The van der Waals surface area contributed by atoms with Crippen LogP contribution in [0, 0.1) is 13.8 Å². The van der Waals surface area contributed by atoms with E-state index in [0.717, 1.165) is 41.4 Å². The van der Waals surface area contributed by atoms with Crippen LogP contribution in [0.2, 0.25) is 0 Å². The number of carbonyl (C=O) groups is 1. The summed E-state index contributed by atoms with van der Waals surface area (Å²) in [6.07, 6.45) is 0.250. The summed E-state index contributed by atoms with van der Waals surface area (Å²) in [6.45, 7) is 7.15. The van der Waals surface area contributed by atoms with Crippen molar-refractivity contribution in [2.75, 3.05) is 41.8 Å². The zero-order valence-electron chi connectivity index (χ0n) is 18.5. The lowest BCUT2D eigenvalue weighted by Crippen LogP contribution is -2.37. The molecule has 0 spiro atoms. The Hall–Kier alpha value is -4.07. The van der Waals surface area contributed by atoms with Crippen molar-refractivity contribution in [3.63, 3.8) is 0 Å². The Morgan fingerprint density at radius 2 is 1.48 bits per heavy atom. The number of anilines is 3. The van der Waals surface area contributed by atoms with Crippen LogP contribution in [-0.4, -0.2) is 48.5 Å². The molecule has 4 rings (SSSR count). The molecule has 0 unspecified atom stereocenters. The maximum Gasteiger partial charge on any atom is 0.373 e. The fourth-order valence-electron chi connectivity index (χ4n) is 3.34. The lowest BCUT2D eigenvalue weighted by atomic mass is 10.1. The Morgan fingerprint density at radius 3 is 2.09 bits per heavy atom. The molecular formula is C24H25N5O4. The maximum absolute atomic E-state index is 12.2. The van der Waals surface area contributed by atoms with Crippen LogP contribution in [0.5, 0.6) is 0 Å². The number of carbonyl (C=O) groups excluding carboxylic acids is 3. The van der Waals surface area contributed by atoms with E-state index in [9.17, 15) is 4.79 Å². The van der Waals surface area contributed by atoms with Gasteiger partial charge in [-0.1, -0.05) is 18.2 Å². The molecule has 0 radical (unpaired) electrons. The first-order valence-corrected chi connectivity index (χ1v) is 10.4. The zero-order chi connectivity index (χ0) is 23.6. The maximum atomic E-state index is 12.2. The molecule has 9 nitrogen and oxygen atoms in total. The number of ether oxygens (including phenoxy) is 1. The second-order valence-electron chi connectivity index (χ2n) is 7.29. The minimum atomic E-state index is -0.286. The topological polar surface area (TPSA) is 114 Å². The van der Waals surface area contributed by atoms with Gasteiger partial charge in [0.25, 0.3) is 0 Å². The van der Waals surface area contributed by atoms with E-state index in [1.165, 1.54) is 0 Å². The Balaban J connectivity index is 0.000000968. The number of nitrogens with one attached hydrogen (secondary N) is 2. The van der Waals surface area contributed by atoms with Crippen LogP contribution >= 0.6 is 0 Å². The minimum Gasteiger partial charge on any atom is -0.378 e. The van der Waals surface area contributed by atoms with Crippen molar-refractivity contribution in [1.29, 1.82) is 0 Å². The van der Waals surface area contributed by atoms with Gasteiger partial charge in [-0.25, -0.2) is 14.8 Å². The third kappa shape index (κ3) is 6.46. The minimum absolute atomic E-state index is 0.250. The van der Waals surface area contributed by atoms with E-state index in [2.05, 4.69) is 27.4 Å². The van der Waals surface area contributed by atoms with Gasteiger partial charge in [0.05, 0.1) is 13.2 Å². The molecule has 1 aliphatic rings. The number of para-hydroxylation sites is 1. The molecule has 1 fully saturated rings. The number of morpholine rings is 1. The Bertz CT molecular complexity index is 1110. The van der Waals surface area contributed by atoms with Crippen LogP contribution in [0.4, 0.5) is 22.0 Å². The van der Waals surface area contributed by atoms with Crippen LogP contribution < -0.4 is 15.5 Å². The van der Waals surface area contributed by atoms with Crippen LogP contribution in [0.25, 0.3) is 11.4 Å². The first-order valence-electron chi connectivity index (χ1n) is 10.4. The number of amides is 2. The smallest absolute Gasteiger partial charge is 0.373 e. The van der Waals surface area contributed by atoms with Crippen LogP contribution in [0.1, 0.15) is 11.3 Å². The first-order chi connectivity index (χ1) is 16.0. The van der Waals surface area contributed by atoms with Crippen LogP contribution in [0.15, 0.2) is 54.6 Å². The predicted octanol–water partition coefficient (Wildman–Crippen LogP) is 3.66. The number of hydrogen-bond donors (Lipinski definition) is 2. The molecule has 9 heteroatoms. The first kappa shape index (κ1) is 23.6. The van der Waals surface area contributed by atoms with Gasteiger partial charge in [-0.3, -0.25) is 0 Å². The van der Waals surface area contributed by atoms with Gasteiger partial charge in [0.15, 0.2) is 5.82 Å². The van der Waals surface area contributed by atoms with Gasteiger partial charge in [0, 0.05) is 41.3 Å². The summed E-state index contributed by atoms with van der Waals surface area (Å²) in [7, 11) is 0. The molecule has 0 bridgehead atoms. The zero-order valence-corrected chi connectivity index (χ0v) is 18.5. The fraction of sp³-hybridized carbons (Fsp3) is 0.250. The van der Waals surface area contributed by atoms with Crippen molar-refractivity contribution in [1.82, 2.24) is 9.97 Å². The summed E-state index contributed by atoms with van der Waals surface area (Å²) in [5.74, 6) is 1.64. The standard InChI is InChI=1S/C23H25N5O2.CO2/c1-16-17(2)24-21(27-22(16)28-12-14-30-15-13-28)18-8-10-20(11-9-18)26-23(29)25-19-6-4-3-5-7-19;2-1-3/h3-11H,12-15H2,1-2H3,(H2,25,26,29);. The summed E-state index contributed by atoms with van der Waals surface area (Å²) in [4.78, 5) is 40.2. The van der Waals surface area contributed by atoms with Gasteiger partial charge in [-0.15, -0.1) is 0 Å². The number of urea groups is 1. The Morgan fingerprint density at radius 1 is 0.909 bits per heavy atom. The largest absolute Gasteiger partial charge is 0.378 e. The molecule has 1 aromatic heterocycles. The average molecular weight is 447 g/mol. The normalized spacial score (nSPS) is 12.7. The van der Waals surface area contributed by atoms with Crippen molar-refractivity contribution in [2.45, 2.75) is 13.8 Å². The average Bonchev–Trinajstić information content (AvgIpc) is 2.83. The summed E-state index contributed by atoms with van der Waals surface area (Å²) in [6, 6.07) is 16.6. The van der Waals surface area contributed by atoms with E-state index in [1.807, 2.05) is 61.5 Å². The molecule has 0 saturated carbocycles. The molecule has 1 saturated heterocycles. The van der Waals surface area contributed by atoms with Crippen LogP contribution in [0.3, 0.4) is 0 Å². The highest BCUT2D eigenvalue weighted by Crippen LogP contribution is 2.26. The fourth-order valence-corrected chi connectivity index (χ4v) is 3.34. The second-order valence-corrected chi connectivity index (χ2v) is 7.29. The number of aryl methyl sites for hydroxylation is 1. The number of benzene rings is 2. The highest BCUT2D eigenvalue weighted by molar-refractivity contribution is 5.99. The lowest BCUT2D eigenvalue weighted by Gasteiger charge is -2.29. The molecular weight excluding hydrogens is 422 g/mol. The Kier molecular flexibility index (Phi) is 8.24. The highest BCUT2D eigenvalue weighted by Gasteiger charge is 2.18. The quantitative estimate of drug-likeness (QED) is 0.627. The van der Waals surface area contributed by atoms with Gasteiger partial charge in [-0.05, 0) is 50.2 Å². The summed E-state index contributed by atoms with van der Waals surface area (Å²) in [5.41, 5.74) is 4.40. The molecule has 2 amide bonds. The van der Waals surface area contributed by atoms with Crippen LogP contribution in [-0.2, 0) is 14.3 Å². The van der Waals surface area contributed by atoms with Crippen molar-refractivity contribution < 1.29 is 19.1 Å². The van der Waals surface area contributed by atoms with Crippen molar-refractivity contribution in [3.05, 3.63) is 65.9 Å². The van der Waals surface area contributed by atoms with Gasteiger partial charge in [-0.2, -0.15) is 9.59 Å². The molecule has 3 aromatic rings. The molecule has 0 atom stereocenters. The summed E-state index contributed by atoms with van der Waals surface area (Å²) < 4.78 is 5.46. The monoisotopic (exact) mass is 447 g/mol. The van der Waals surface area contributed by atoms with Gasteiger partial charge >= 0.3 is 12.2 Å². The molecule has 2 aromatic carbocycles. The highest BCUT2D eigenvalue weighted by atomic mass is 16.5. The number of aromatic nitrogens is 2. The molecule has 1 aliphatic heterocycles. The number of hydrogen-bond acceptors (Lipinski definition) is 7. The van der Waals surface area contributed by atoms with E-state index in [1.54, 1.807) is 0 Å². The van der Waals surface area contributed by atoms with Gasteiger partial charge < -0.3 is 20.3 Å². The molecule has 2 heterocycles. The van der Waals surface area contributed by atoms with E-state index >= 15 is 0 Å². The summed E-state index contributed by atoms with van der Waals surface area (Å²) >= 11 is 0. The lowest BCUT2D eigenvalue weighted by molar-refractivity contribution is -0.191. The third-order valence-electron chi connectivity index (χ3n) is 5.11. The van der Waals surface area contributed by atoms with Gasteiger partial charge in [0.2, 0.25) is 0 Å². The Labute approximate surface area is 191 Å². The molecule has 170 valence electrons. The van der Waals surface area contributed by atoms with E-state index < -0.39 is 0 Å². The molecule has 33 heavy (non-hydrogen) atoms. The SMILES string of the molecule is Cc1nc(-c2ccc(NC(=O)Nc3ccccc3)cc2)nc(N2CCOCC2)c1C.O=C=O. The van der Waals surface area contributed by atoms with Crippen molar-refractivity contribution in [3.8, 4) is 11.4 Å². The predicted molar refractivity (Wildman–Crippen MR) is 124 cm³/mol. The van der Waals surface area contributed by atoms with E-state index in [-0.39, 0.29) is 12.2 Å². The van der Waals surface area contributed by atoms with Gasteiger partial charge in [0.1, 0.15) is 5.82 Å².